The molecular weight excluding hydrogens is 272 g/mol. The molecule has 0 unspecified atom stereocenters. The van der Waals surface area contributed by atoms with Crippen molar-refractivity contribution >= 4 is 21.6 Å². The Morgan fingerprint density at radius 1 is 0.700 bits per heavy atom. The topological polar surface area (TPSA) is 0 Å². The maximum absolute atomic E-state index is 11.7. The number of alkyl halides is 6. The van der Waals surface area contributed by atoms with Crippen LogP contribution < -0.4 is 0 Å². The molecule has 0 bridgehead atoms. The molecule has 1 fully saturated rings. The van der Waals surface area contributed by atoms with Crippen molar-refractivity contribution < 1.29 is 26.3 Å². The van der Waals surface area contributed by atoms with Crippen molar-refractivity contribution in [3.8, 4) is 0 Å². The summed E-state index contributed by atoms with van der Waals surface area (Å²) < 4.78 is 61.2. The summed E-state index contributed by atoms with van der Waals surface area (Å²) >= 11 is -3.53. The van der Waals surface area contributed by atoms with E-state index in [1.54, 1.807) is 0 Å². The average Bonchev–Trinajstić information content (AvgIpc) is 1.61. The van der Waals surface area contributed by atoms with Gasteiger partial charge in [0, 0.05) is 0 Å². The third-order valence-corrected chi connectivity index (χ3v) is 4.69. The summed E-state index contributed by atoms with van der Waals surface area (Å²) in [5.41, 5.74) is 0. The van der Waals surface area contributed by atoms with Gasteiger partial charge in [-0.25, -0.2) is 0 Å². The standard InChI is InChI=1S/C3F6.Sb.H/c4-1(5)3(8,9)2(6)7;;. The Hall–Kier alpha value is 0.398. The van der Waals surface area contributed by atoms with Crippen LogP contribution in [0.1, 0.15) is 0 Å². The van der Waals surface area contributed by atoms with Gasteiger partial charge in [-0.1, -0.05) is 0 Å². The fraction of sp³-hybridized carbons (Fsp3) is 1.00. The van der Waals surface area contributed by atoms with E-state index in [2.05, 4.69) is 0 Å². The number of rotatable bonds is 0. The second-order valence-electron chi connectivity index (χ2n) is 1.85. The molecule has 0 aromatic rings. The van der Waals surface area contributed by atoms with Gasteiger partial charge in [-0.05, 0) is 0 Å². The van der Waals surface area contributed by atoms with Gasteiger partial charge in [0.25, 0.3) is 0 Å². The molecule has 0 amide bonds. The molecule has 7 heteroatoms. The molecule has 1 rings (SSSR count). The van der Waals surface area contributed by atoms with Gasteiger partial charge in [-0.2, -0.15) is 0 Å². The molecule has 1 saturated heterocycles. The predicted octanol–water partition coefficient (Wildman–Crippen LogP) is 1.26. The van der Waals surface area contributed by atoms with E-state index in [1.165, 1.54) is 0 Å². The second-order valence-corrected chi connectivity index (χ2v) is 6.15. The van der Waals surface area contributed by atoms with Gasteiger partial charge >= 0.3 is 61.6 Å². The van der Waals surface area contributed by atoms with Crippen LogP contribution in [-0.4, -0.2) is 35.3 Å². The van der Waals surface area contributed by atoms with Crippen LogP contribution in [0.15, 0.2) is 0 Å². The molecule has 1 heterocycles. The molecule has 10 heavy (non-hydrogen) atoms. The molecular formula is C3HF6Sb. The Bertz CT molecular complexity index is 146. The minimum atomic E-state index is -5.08. The number of halogens is 6. The molecule has 0 aliphatic carbocycles. The van der Waals surface area contributed by atoms with E-state index in [1.807, 2.05) is 0 Å². The summed E-state index contributed by atoms with van der Waals surface area (Å²) in [5.74, 6) is -5.08. The van der Waals surface area contributed by atoms with Crippen molar-refractivity contribution in [2.75, 3.05) is 0 Å². The van der Waals surface area contributed by atoms with E-state index in [9.17, 15) is 26.3 Å². The molecule has 1 aliphatic rings. The molecule has 0 saturated carbocycles. The first-order valence-electron chi connectivity index (χ1n) is 2.13. The van der Waals surface area contributed by atoms with Gasteiger partial charge in [0.1, 0.15) is 0 Å². The predicted molar refractivity (Wildman–Crippen MR) is 22.0 cm³/mol. The molecule has 0 aromatic heterocycles. The summed E-state index contributed by atoms with van der Waals surface area (Å²) in [7, 11) is 0. The number of hydrogen-bond donors (Lipinski definition) is 0. The SMILES string of the molecule is F[C]1(F)[SbH][C](F)(F)C1(F)F. The molecule has 0 spiro atoms. The summed E-state index contributed by atoms with van der Waals surface area (Å²) in [6, 6.07) is 0. The van der Waals surface area contributed by atoms with Crippen molar-refractivity contribution in [2.45, 2.75) is 13.7 Å². The van der Waals surface area contributed by atoms with Crippen LogP contribution in [0.4, 0.5) is 26.3 Å². The fourth-order valence-electron chi connectivity index (χ4n) is 0.489. The zero-order valence-electron chi connectivity index (χ0n) is 4.27. The summed E-state index contributed by atoms with van der Waals surface area (Å²) in [4.78, 5) is 0. The third-order valence-electron chi connectivity index (χ3n) is 1.10. The molecule has 0 radical (unpaired) electrons. The van der Waals surface area contributed by atoms with E-state index in [-0.39, 0.29) is 0 Å². The van der Waals surface area contributed by atoms with Crippen molar-refractivity contribution in [3.05, 3.63) is 0 Å². The Labute approximate surface area is 62.1 Å². The van der Waals surface area contributed by atoms with Crippen LogP contribution in [0.25, 0.3) is 0 Å². The van der Waals surface area contributed by atoms with Crippen molar-refractivity contribution in [3.63, 3.8) is 0 Å². The maximum atomic E-state index is 11.7. The van der Waals surface area contributed by atoms with Gasteiger partial charge in [-0.15, -0.1) is 0 Å². The van der Waals surface area contributed by atoms with E-state index in [0.717, 1.165) is 0 Å². The van der Waals surface area contributed by atoms with Gasteiger partial charge < -0.3 is 0 Å². The van der Waals surface area contributed by atoms with Gasteiger partial charge in [0.05, 0.1) is 0 Å². The minimum absolute atomic E-state index is 3.53. The van der Waals surface area contributed by atoms with Gasteiger partial charge in [0.15, 0.2) is 0 Å². The monoisotopic (exact) mass is 272 g/mol. The molecule has 60 valence electrons. The van der Waals surface area contributed by atoms with Crippen LogP contribution in [0.2, 0.25) is 0 Å². The average molecular weight is 273 g/mol. The molecule has 0 aromatic carbocycles. The Morgan fingerprint density at radius 3 is 1.00 bits per heavy atom. The van der Waals surface area contributed by atoms with Crippen molar-refractivity contribution in [1.29, 1.82) is 0 Å². The van der Waals surface area contributed by atoms with E-state index in [4.69, 9.17) is 0 Å². The zero-order chi connectivity index (χ0) is 8.21. The molecule has 0 nitrogen and oxygen atoms in total. The van der Waals surface area contributed by atoms with Crippen LogP contribution in [0, 0.1) is 0 Å². The fourth-order valence-corrected chi connectivity index (χ4v) is 2.87. The Morgan fingerprint density at radius 2 is 1.00 bits per heavy atom. The van der Waals surface area contributed by atoms with Crippen LogP contribution in [-0.2, 0) is 0 Å². The second kappa shape index (κ2) is 1.76. The molecule has 0 N–H and O–H groups in total. The van der Waals surface area contributed by atoms with Gasteiger partial charge in [-0.3, -0.25) is 0 Å². The van der Waals surface area contributed by atoms with E-state index >= 15 is 0 Å². The summed E-state index contributed by atoms with van der Waals surface area (Å²) in [5, 5.41) is 0. The van der Waals surface area contributed by atoms with Crippen LogP contribution in [0.5, 0.6) is 0 Å². The first-order valence-corrected chi connectivity index (χ1v) is 4.99. The summed E-state index contributed by atoms with van der Waals surface area (Å²) in [6.07, 6.45) is 0. The van der Waals surface area contributed by atoms with Crippen molar-refractivity contribution in [1.82, 2.24) is 0 Å². The molecule has 0 atom stereocenters. The van der Waals surface area contributed by atoms with E-state index < -0.39 is 35.3 Å². The van der Waals surface area contributed by atoms with E-state index in [0.29, 0.717) is 0 Å². The van der Waals surface area contributed by atoms with Crippen LogP contribution >= 0.6 is 0 Å². The third kappa shape index (κ3) is 0.772. The zero-order valence-corrected chi connectivity index (χ0v) is 7.12. The Balaban J connectivity index is 2.85. The normalized spacial score (nSPS) is 33.0. The summed E-state index contributed by atoms with van der Waals surface area (Å²) in [6.45, 7) is 0. The van der Waals surface area contributed by atoms with Gasteiger partial charge in [0.2, 0.25) is 0 Å². The quantitative estimate of drug-likeness (QED) is 0.460. The van der Waals surface area contributed by atoms with Crippen molar-refractivity contribution in [2.24, 2.45) is 0 Å². The molecule has 1 aliphatic heterocycles. The number of hydrogen-bond acceptors (Lipinski definition) is 0. The Kier molecular flexibility index (Phi) is 1.50. The van der Waals surface area contributed by atoms with Crippen LogP contribution in [0.3, 0.4) is 0 Å². The first-order chi connectivity index (χ1) is 4.21. The first kappa shape index (κ1) is 8.49.